The SMILES string of the molecule is Br.O=C(O)C[n+]1ccccc1. The van der Waals surface area contributed by atoms with Gasteiger partial charge < -0.3 is 5.11 Å². The summed E-state index contributed by atoms with van der Waals surface area (Å²) >= 11 is 0. The van der Waals surface area contributed by atoms with E-state index in [9.17, 15) is 4.79 Å². The summed E-state index contributed by atoms with van der Waals surface area (Å²) in [5.74, 6) is -0.823. The Balaban J connectivity index is 0.000001000. The van der Waals surface area contributed by atoms with Gasteiger partial charge in [0.2, 0.25) is 6.54 Å². The Kier molecular flexibility index (Phi) is 4.45. The molecule has 0 aliphatic carbocycles. The third kappa shape index (κ3) is 3.72. The highest BCUT2D eigenvalue weighted by Crippen LogP contribution is 1.76. The molecule has 0 atom stereocenters. The zero-order chi connectivity index (χ0) is 7.40. The van der Waals surface area contributed by atoms with Gasteiger partial charge in [0, 0.05) is 12.1 Å². The lowest BCUT2D eigenvalue weighted by Crippen LogP contribution is -2.36. The normalized spacial score (nSPS) is 8.36. The highest BCUT2D eigenvalue weighted by molar-refractivity contribution is 8.93. The number of aliphatic carboxylic acids is 1. The van der Waals surface area contributed by atoms with E-state index in [0.29, 0.717) is 0 Å². The van der Waals surface area contributed by atoms with Gasteiger partial charge in [-0.15, -0.1) is 17.0 Å². The highest BCUT2D eigenvalue weighted by atomic mass is 79.9. The largest absolute Gasteiger partial charge is 0.477 e. The van der Waals surface area contributed by atoms with Crippen LogP contribution in [-0.2, 0) is 11.3 Å². The molecule has 60 valence electrons. The van der Waals surface area contributed by atoms with Gasteiger partial charge in [0.1, 0.15) is 0 Å². The number of carboxylic acids is 1. The predicted molar refractivity (Wildman–Crippen MR) is 44.6 cm³/mol. The minimum atomic E-state index is -0.823. The maximum absolute atomic E-state index is 10.1. The fraction of sp³-hybridized carbons (Fsp3) is 0.143. The lowest BCUT2D eigenvalue weighted by Gasteiger charge is -1.87. The van der Waals surface area contributed by atoms with Crippen LogP contribution in [-0.4, -0.2) is 11.1 Å². The molecule has 0 spiro atoms. The Bertz CT molecular complexity index is 225. The van der Waals surface area contributed by atoms with Crippen LogP contribution in [0.2, 0.25) is 0 Å². The molecule has 1 N–H and O–H groups in total. The van der Waals surface area contributed by atoms with Gasteiger partial charge in [0.25, 0.3) is 0 Å². The minimum absolute atomic E-state index is 0. The Morgan fingerprint density at radius 3 is 2.27 bits per heavy atom. The van der Waals surface area contributed by atoms with Crippen LogP contribution in [0.1, 0.15) is 0 Å². The van der Waals surface area contributed by atoms with Crippen LogP contribution in [0.5, 0.6) is 0 Å². The number of hydrogen-bond acceptors (Lipinski definition) is 1. The first-order valence-corrected chi connectivity index (χ1v) is 2.95. The van der Waals surface area contributed by atoms with E-state index in [0.717, 1.165) is 0 Å². The zero-order valence-corrected chi connectivity index (χ0v) is 7.52. The molecule has 1 rings (SSSR count). The van der Waals surface area contributed by atoms with E-state index in [1.165, 1.54) is 0 Å². The monoisotopic (exact) mass is 218 g/mol. The molecule has 0 aliphatic rings. The zero-order valence-electron chi connectivity index (χ0n) is 5.80. The smallest absolute Gasteiger partial charge is 0.370 e. The van der Waals surface area contributed by atoms with E-state index in [2.05, 4.69) is 0 Å². The molecular formula is C7H9BrNO2+. The molecule has 1 heterocycles. The van der Waals surface area contributed by atoms with Crippen molar-refractivity contribution in [1.29, 1.82) is 0 Å². The fourth-order valence-electron chi connectivity index (χ4n) is 0.696. The van der Waals surface area contributed by atoms with Crippen LogP contribution in [0, 0.1) is 0 Å². The summed E-state index contributed by atoms with van der Waals surface area (Å²) in [7, 11) is 0. The Morgan fingerprint density at radius 1 is 1.27 bits per heavy atom. The number of rotatable bonds is 2. The molecule has 0 fully saturated rings. The van der Waals surface area contributed by atoms with Crippen molar-refractivity contribution < 1.29 is 14.5 Å². The average molecular weight is 219 g/mol. The molecule has 0 saturated carbocycles. The lowest BCUT2D eigenvalue weighted by atomic mass is 10.5. The van der Waals surface area contributed by atoms with Crippen molar-refractivity contribution in [2.75, 3.05) is 0 Å². The molecule has 0 bridgehead atoms. The van der Waals surface area contributed by atoms with Gasteiger partial charge in [0.15, 0.2) is 12.4 Å². The molecule has 4 heteroatoms. The second kappa shape index (κ2) is 4.85. The first-order valence-electron chi connectivity index (χ1n) is 2.95. The third-order valence-corrected chi connectivity index (χ3v) is 1.10. The first-order chi connectivity index (χ1) is 4.79. The number of hydrogen-bond donors (Lipinski definition) is 1. The standard InChI is InChI=1S/C7H7NO2.BrH/c9-7(10)6-8-4-2-1-3-5-8;/h1-5H,6H2;1H/p+1. The van der Waals surface area contributed by atoms with E-state index in [4.69, 9.17) is 5.11 Å². The number of carboxylic acid groups (broad SMARTS) is 1. The van der Waals surface area contributed by atoms with Crippen LogP contribution in [0.25, 0.3) is 0 Å². The molecule has 0 radical (unpaired) electrons. The molecule has 0 saturated heterocycles. The summed E-state index contributed by atoms with van der Waals surface area (Å²) in [6.07, 6.45) is 3.43. The van der Waals surface area contributed by atoms with Gasteiger partial charge in [-0.05, 0) is 0 Å². The maximum Gasteiger partial charge on any atom is 0.370 e. The number of pyridine rings is 1. The molecular weight excluding hydrogens is 210 g/mol. The fourth-order valence-corrected chi connectivity index (χ4v) is 0.696. The summed E-state index contributed by atoms with van der Waals surface area (Å²) in [6, 6.07) is 5.43. The molecule has 3 nitrogen and oxygen atoms in total. The second-order valence-corrected chi connectivity index (χ2v) is 1.94. The van der Waals surface area contributed by atoms with Crippen LogP contribution >= 0.6 is 17.0 Å². The van der Waals surface area contributed by atoms with Gasteiger partial charge in [-0.2, -0.15) is 4.57 Å². The number of nitrogens with zero attached hydrogens (tertiary/aromatic N) is 1. The van der Waals surface area contributed by atoms with Crippen molar-refractivity contribution in [3.05, 3.63) is 30.6 Å². The van der Waals surface area contributed by atoms with Crippen molar-refractivity contribution in [3.63, 3.8) is 0 Å². The van der Waals surface area contributed by atoms with E-state index >= 15 is 0 Å². The Hall–Kier alpha value is -0.900. The molecule has 0 aliphatic heterocycles. The van der Waals surface area contributed by atoms with Crippen molar-refractivity contribution in [3.8, 4) is 0 Å². The van der Waals surface area contributed by atoms with Crippen molar-refractivity contribution in [1.82, 2.24) is 0 Å². The summed E-state index contributed by atoms with van der Waals surface area (Å²) in [6.45, 7) is 0.0286. The lowest BCUT2D eigenvalue weighted by molar-refractivity contribution is -0.685. The van der Waals surface area contributed by atoms with Crippen molar-refractivity contribution in [2.24, 2.45) is 0 Å². The quantitative estimate of drug-likeness (QED) is 0.741. The summed E-state index contributed by atoms with van der Waals surface area (Å²) in [4.78, 5) is 10.1. The second-order valence-electron chi connectivity index (χ2n) is 1.94. The molecule has 0 aromatic carbocycles. The number of carbonyl (C=O) groups is 1. The first kappa shape index (κ1) is 10.1. The Morgan fingerprint density at radius 2 is 1.82 bits per heavy atom. The van der Waals surface area contributed by atoms with E-state index in [1.807, 2.05) is 6.07 Å². The van der Waals surface area contributed by atoms with Crippen molar-refractivity contribution >= 4 is 23.0 Å². The molecule has 0 unspecified atom stereocenters. The van der Waals surface area contributed by atoms with Gasteiger partial charge in [0.05, 0.1) is 0 Å². The molecule has 1 aromatic rings. The summed E-state index contributed by atoms with van der Waals surface area (Å²) in [5, 5.41) is 8.35. The minimum Gasteiger partial charge on any atom is -0.477 e. The Labute approximate surface area is 75.1 Å². The highest BCUT2D eigenvalue weighted by Gasteiger charge is 2.03. The maximum atomic E-state index is 10.1. The topological polar surface area (TPSA) is 41.2 Å². The van der Waals surface area contributed by atoms with Gasteiger partial charge in [-0.3, -0.25) is 0 Å². The molecule has 0 amide bonds. The van der Waals surface area contributed by atoms with Crippen LogP contribution in [0.15, 0.2) is 30.6 Å². The van der Waals surface area contributed by atoms with Crippen LogP contribution in [0.3, 0.4) is 0 Å². The van der Waals surface area contributed by atoms with E-state index in [-0.39, 0.29) is 23.5 Å². The molecule has 1 aromatic heterocycles. The summed E-state index contributed by atoms with van der Waals surface area (Å²) < 4.78 is 1.60. The number of aromatic nitrogens is 1. The van der Waals surface area contributed by atoms with Gasteiger partial charge in [-0.25, -0.2) is 4.79 Å². The van der Waals surface area contributed by atoms with Crippen LogP contribution < -0.4 is 4.57 Å². The van der Waals surface area contributed by atoms with Crippen molar-refractivity contribution in [2.45, 2.75) is 6.54 Å². The van der Waals surface area contributed by atoms with E-state index in [1.54, 1.807) is 29.1 Å². The van der Waals surface area contributed by atoms with Crippen LogP contribution in [0.4, 0.5) is 0 Å². The summed E-state index contributed by atoms with van der Waals surface area (Å²) in [5.41, 5.74) is 0. The molecule has 11 heavy (non-hydrogen) atoms. The average Bonchev–Trinajstić information content (AvgIpc) is 1.88. The van der Waals surface area contributed by atoms with Gasteiger partial charge in [-0.1, -0.05) is 6.07 Å². The third-order valence-electron chi connectivity index (χ3n) is 1.10. The van der Waals surface area contributed by atoms with E-state index < -0.39 is 5.97 Å². The van der Waals surface area contributed by atoms with Gasteiger partial charge >= 0.3 is 5.97 Å². The number of halogens is 1. The predicted octanol–water partition coefficient (Wildman–Crippen LogP) is 0.637.